The molecule has 1 aliphatic rings. The van der Waals surface area contributed by atoms with E-state index in [-0.39, 0.29) is 17.5 Å². The van der Waals surface area contributed by atoms with Crippen molar-refractivity contribution in [2.24, 2.45) is 0 Å². The number of fused-ring (bicyclic) bond motifs is 1. The minimum absolute atomic E-state index is 0.102. The molecule has 0 saturated heterocycles. The zero-order valence-electron chi connectivity index (χ0n) is 16.3. The number of ether oxygens (including phenoxy) is 1. The van der Waals surface area contributed by atoms with Crippen LogP contribution in [0.3, 0.4) is 0 Å². The molecule has 0 saturated carbocycles. The molecule has 1 aliphatic heterocycles. The van der Waals surface area contributed by atoms with Gasteiger partial charge in [0.15, 0.2) is 0 Å². The molecule has 150 valence electrons. The van der Waals surface area contributed by atoms with E-state index in [2.05, 4.69) is 0 Å². The summed E-state index contributed by atoms with van der Waals surface area (Å²) in [5, 5.41) is 0.519. The molecule has 0 atom stereocenters. The molecule has 0 radical (unpaired) electrons. The van der Waals surface area contributed by atoms with Gasteiger partial charge in [-0.2, -0.15) is 0 Å². The third-order valence-corrected chi connectivity index (χ3v) is 4.85. The van der Waals surface area contributed by atoms with Crippen LogP contribution in [0.15, 0.2) is 72.8 Å². The first kappa shape index (κ1) is 19.4. The number of rotatable bonds is 6. The van der Waals surface area contributed by atoms with E-state index in [0.29, 0.717) is 23.0 Å². The molecular formula is C24H19NO5. The normalized spacial score (nSPS) is 12.6. The Balaban J connectivity index is 1.38. The van der Waals surface area contributed by atoms with Crippen LogP contribution >= 0.6 is 0 Å². The fourth-order valence-electron chi connectivity index (χ4n) is 3.23. The molecular weight excluding hydrogens is 382 g/mol. The van der Waals surface area contributed by atoms with Crippen LogP contribution in [0.5, 0.6) is 5.75 Å². The van der Waals surface area contributed by atoms with Gasteiger partial charge in [0.25, 0.3) is 11.8 Å². The lowest BCUT2D eigenvalue weighted by Gasteiger charge is -2.13. The van der Waals surface area contributed by atoms with Gasteiger partial charge in [-0.15, -0.1) is 0 Å². The molecule has 30 heavy (non-hydrogen) atoms. The van der Waals surface area contributed by atoms with Crippen LogP contribution in [-0.4, -0.2) is 22.8 Å². The topological polar surface area (TPSA) is 72.9 Å². The Bertz CT molecular complexity index is 1100. The Morgan fingerprint density at radius 1 is 0.867 bits per heavy atom. The summed E-state index contributed by atoms with van der Waals surface area (Å²) < 4.78 is 5.83. The highest BCUT2D eigenvalue weighted by Gasteiger charge is 2.38. The predicted molar refractivity (Wildman–Crippen MR) is 109 cm³/mol. The van der Waals surface area contributed by atoms with Gasteiger partial charge in [0.05, 0.1) is 17.5 Å². The predicted octanol–water partition coefficient (Wildman–Crippen LogP) is 3.87. The quantitative estimate of drug-likeness (QED) is 0.587. The summed E-state index contributed by atoms with van der Waals surface area (Å²) in [5.41, 5.74) is 3.31. The van der Waals surface area contributed by atoms with Gasteiger partial charge in [-0.05, 0) is 47.9 Å². The lowest BCUT2D eigenvalue weighted by molar-refractivity contribution is -0.167. The number of aryl methyl sites for hydroxylation is 1. The van der Waals surface area contributed by atoms with Crippen molar-refractivity contribution in [1.82, 2.24) is 5.06 Å². The molecule has 0 N–H and O–H groups in total. The Morgan fingerprint density at radius 3 is 2.23 bits per heavy atom. The summed E-state index contributed by atoms with van der Waals surface area (Å²) in [6, 6.07) is 21.4. The lowest BCUT2D eigenvalue weighted by atomic mass is 10.1. The van der Waals surface area contributed by atoms with E-state index >= 15 is 0 Å². The molecule has 0 bridgehead atoms. The summed E-state index contributed by atoms with van der Waals surface area (Å²) in [4.78, 5) is 42.0. The number of imide groups is 1. The number of hydroxylamine groups is 2. The van der Waals surface area contributed by atoms with Crippen LogP contribution in [-0.2, 0) is 22.7 Å². The maximum atomic E-state index is 12.3. The van der Waals surface area contributed by atoms with E-state index in [9.17, 15) is 14.4 Å². The monoisotopic (exact) mass is 401 g/mol. The summed E-state index contributed by atoms with van der Waals surface area (Å²) >= 11 is 0. The second-order valence-corrected chi connectivity index (χ2v) is 6.95. The summed E-state index contributed by atoms with van der Waals surface area (Å²) in [5.74, 6) is -1.37. The average Bonchev–Trinajstić information content (AvgIpc) is 2.98. The molecule has 3 aromatic rings. The largest absolute Gasteiger partial charge is 0.489 e. The molecule has 2 amide bonds. The Kier molecular flexibility index (Phi) is 5.30. The second-order valence-electron chi connectivity index (χ2n) is 6.95. The van der Waals surface area contributed by atoms with E-state index in [1.54, 1.807) is 36.4 Å². The van der Waals surface area contributed by atoms with Gasteiger partial charge >= 0.3 is 5.97 Å². The van der Waals surface area contributed by atoms with Gasteiger partial charge in [-0.25, -0.2) is 4.79 Å². The van der Waals surface area contributed by atoms with Crippen LogP contribution in [0.25, 0.3) is 0 Å². The van der Waals surface area contributed by atoms with Gasteiger partial charge in [0, 0.05) is 0 Å². The van der Waals surface area contributed by atoms with E-state index in [1.165, 1.54) is 12.1 Å². The lowest BCUT2D eigenvalue weighted by Crippen LogP contribution is -2.33. The highest BCUT2D eigenvalue weighted by Crippen LogP contribution is 2.23. The zero-order chi connectivity index (χ0) is 21.1. The summed E-state index contributed by atoms with van der Waals surface area (Å²) in [6.07, 6.45) is -0.102. The fraction of sp³-hybridized carbons (Fsp3) is 0.125. The summed E-state index contributed by atoms with van der Waals surface area (Å²) in [7, 11) is 0. The maximum absolute atomic E-state index is 12.3. The molecule has 0 aliphatic carbocycles. The van der Waals surface area contributed by atoms with Crippen LogP contribution < -0.4 is 4.74 Å². The molecule has 0 spiro atoms. The summed E-state index contributed by atoms with van der Waals surface area (Å²) in [6.45, 7) is 2.43. The first-order valence-electron chi connectivity index (χ1n) is 9.48. The van der Waals surface area contributed by atoms with E-state index in [0.717, 1.165) is 11.1 Å². The highest BCUT2D eigenvalue weighted by molar-refractivity contribution is 6.20. The molecule has 4 rings (SSSR count). The van der Waals surface area contributed by atoms with Crippen LogP contribution in [0.4, 0.5) is 0 Å². The van der Waals surface area contributed by atoms with Crippen LogP contribution in [0.2, 0.25) is 0 Å². The number of carbonyl (C=O) groups excluding carboxylic acids is 3. The average molecular weight is 401 g/mol. The Morgan fingerprint density at radius 2 is 1.53 bits per heavy atom. The first-order valence-corrected chi connectivity index (χ1v) is 9.48. The second kappa shape index (κ2) is 8.21. The van der Waals surface area contributed by atoms with Gasteiger partial charge in [-0.3, -0.25) is 9.59 Å². The van der Waals surface area contributed by atoms with E-state index < -0.39 is 17.8 Å². The number of amides is 2. The smallest absolute Gasteiger partial charge is 0.337 e. The number of benzene rings is 3. The van der Waals surface area contributed by atoms with Crippen molar-refractivity contribution in [2.45, 2.75) is 20.0 Å². The minimum Gasteiger partial charge on any atom is -0.489 e. The van der Waals surface area contributed by atoms with Crippen LogP contribution in [0, 0.1) is 6.92 Å². The van der Waals surface area contributed by atoms with Crippen molar-refractivity contribution in [3.8, 4) is 5.75 Å². The molecule has 1 heterocycles. The van der Waals surface area contributed by atoms with E-state index in [4.69, 9.17) is 9.57 Å². The highest BCUT2D eigenvalue weighted by atomic mass is 16.7. The zero-order valence-corrected chi connectivity index (χ0v) is 16.3. The van der Waals surface area contributed by atoms with Gasteiger partial charge in [-0.1, -0.05) is 53.6 Å². The van der Waals surface area contributed by atoms with Crippen molar-refractivity contribution in [1.29, 1.82) is 0 Å². The number of hydrogen-bond acceptors (Lipinski definition) is 5. The standard InChI is InChI=1S/C24H19NO5/c1-16-7-2-3-9-18(16)15-29-19-10-6-8-17(13-19)14-22(26)30-25-23(27)20-11-4-5-12-21(20)24(25)28/h2-13H,14-15H2,1H3. The van der Waals surface area contributed by atoms with Crippen molar-refractivity contribution in [2.75, 3.05) is 0 Å². The first-order chi connectivity index (χ1) is 14.5. The Labute approximate surface area is 173 Å². The van der Waals surface area contributed by atoms with Crippen molar-refractivity contribution in [3.05, 3.63) is 101 Å². The Hall–Kier alpha value is -3.93. The van der Waals surface area contributed by atoms with Crippen molar-refractivity contribution < 1.29 is 24.0 Å². The van der Waals surface area contributed by atoms with Crippen LogP contribution in [0.1, 0.15) is 37.4 Å². The van der Waals surface area contributed by atoms with Gasteiger partial charge in [0.2, 0.25) is 0 Å². The molecule has 0 unspecified atom stereocenters. The third kappa shape index (κ3) is 3.93. The van der Waals surface area contributed by atoms with Gasteiger partial charge < -0.3 is 9.57 Å². The molecule has 6 nitrogen and oxygen atoms in total. The SMILES string of the molecule is Cc1ccccc1COc1cccc(CC(=O)ON2C(=O)c3ccccc3C2=O)c1. The molecule has 0 aromatic heterocycles. The van der Waals surface area contributed by atoms with E-state index in [1.807, 2.05) is 31.2 Å². The van der Waals surface area contributed by atoms with Gasteiger partial charge in [0.1, 0.15) is 12.4 Å². The number of hydrogen-bond donors (Lipinski definition) is 0. The maximum Gasteiger partial charge on any atom is 0.337 e. The van der Waals surface area contributed by atoms with Crippen molar-refractivity contribution in [3.63, 3.8) is 0 Å². The molecule has 3 aromatic carbocycles. The molecule has 6 heteroatoms. The number of carbonyl (C=O) groups is 3. The third-order valence-electron chi connectivity index (χ3n) is 4.85. The number of nitrogens with zero attached hydrogens (tertiary/aromatic N) is 1. The molecule has 0 fully saturated rings. The van der Waals surface area contributed by atoms with Crippen molar-refractivity contribution >= 4 is 17.8 Å². The minimum atomic E-state index is -0.708. The fourth-order valence-corrected chi connectivity index (χ4v) is 3.23.